The molecule has 1 aliphatic rings. The monoisotopic (exact) mass is 513 g/mol. The molecule has 1 heterocycles. The molecule has 0 unspecified atom stereocenters. The molecule has 3 aromatic carbocycles. The molecule has 4 rings (SSSR count). The Hall–Kier alpha value is -3.32. The first kappa shape index (κ1) is 23.8. The molecule has 0 fully saturated rings. The lowest BCUT2D eigenvalue weighted by Crippen LogP contribution is -2.52. The Labute approximate surface area is 211 Å². The Balaban J connectivity index is 1.61. The van der Waals surface area contributed by atoms with Crippen molar-refractivity contribution in [3.8, 4) is 0 Å². The minimum Gasteiger partial charge on any atom is -0.326 e. The zero-order chi connectivity index (χ0) is 24.2. The van der Waals surface area contributed by atoms with Gasteiger partial charge in [0.25, 0.3) is 5.91 Å². The highest BCUT2D eigenvalue weighted by Gasteiger charge is 2.37. The summed E-state index contributed by atoms with van der Waals surface area (Å²) in [5, 5.41) is 6.58. The lowest BCUT2D eigenvalue weighted by atomic mass is 10.0. The Kier molecular flexibility index (Phi) is 7.22. The van der Waals surface area contributed by atoms with Gasteiger partial charge >= 0.3 is 0 Å². The Bertz CT molecular complexity index is 1310. The summed E-state index contributed by atoms with van der Waals surface area (Å²) in [7, 11) is 0. The largest absolute Gasteiger partial charge is 0.326 e. The van der Waals surface area contributed by atoms with Crippen LogP contribution >= 0.6 is 34.8 Å². The molecule has 3 aromatic rings. The number of hydrogen-bond donors (Lipinski definition) is 2. The van der Waals surface area contributed by atoms with Crippen LogP contribution in [0.3, 0.4) is 0 Å². The molecular formula is C25H18Cl3N3O3. The van der Waals surface area contributed by atoms with E-state index >= 15 is 0 Å². The number of nitrogens with one attached hydrogen (secondary N) is 2. The van der Waals surface area contributed by atoms with Gasteiger partial charge in [-0.3, -0.25) is 19.3 Å². The maximum absolute atomic E-state index is 13.3. The molecule has 0 aliphatic carbocycles. The van der Waals surface area contributed by atoms with Gasteiger partial charge in [0, 0.05) is 16.8 Å². The van der Waals surface area contributed by atoms with Crippen LogP contribution in [0.4, 0.5) is 17.1 Å². The number of halogens is 3. The average molecular weight is 515 g/mol. The summed E-state index contributed by atoms with van der Waals surface area (Å²) in [6.45, 7) is 0. The van der Waals surface area contributed by atoms with Crippen LogP contribution in [-0.4, -0.2) is 23.8 Å². The third-order valence-corrected chi connectivity index (χ3v) is 6.25. The number of amides is 3. The van der Waals surface area contributed by atoms with Crippen molar-refractivity contribution in [3.05, 3.63) is 93.4 Å². The van der Waals surface area contributed by atoms with E-state index in [0.717, 1.165) is 0 Å². The Morgan fingerprint density at radius 2 is 1.68 bits per heavy atom. The fraction of sp³-hybridized carbons (Fsp3) is 0.0800. The molecule has 34 heavy (non-hydrogen) atoms. The van der Waals surface area contributed by atoms with Gasteiger partial charge < -0.3 is 10.6 Å². The van der Waals surface area contributed by atoms with E-state index in [1.807, 2.05) is 0 Å². The third-order valence-electron chi connectivity index (χ3n) is 5.17. The van der Waals surface area contributed by atoms with Crippen LogP contribution in [-0.2, 0) is 14.4 Å². The number of rotatable bonds is 5. The molecular weight excluding hydrogens is 497 g/mol. The van der Waals surface area contributed by atoms with Crippen molar-refractivity contribution in [2.24, 2.45) is 0 Å². The predicted molar refractivity (Wildman–Crippen MR) is 137 cm³/mol. The van der Waals surface area contributed by atoms with Crippen LogP contribution in [0.5, 0.6) is 0 Å². The van der Waals surface area contributed by atoms with E-state index in [1.54, 1.807) is 66.7 Å². The highest BCUT2D eigenvalue weighted by atomic mass is 35.5. The van der Waals surface area contributed by atoms with Crippen LogP contribution < -0.4 is 15.5 Å². The summed E-state index contributed by atoms with van der Waals surface area (Å²) in [4.78, 5) is 40.3. The highest BCUT2D eigenvalue weighted by Crippen LogP contribution is 2.33. The minimum absolute atomic E-state index is 0.272. The second-order valence-electron chi connectivity index (χ2n) is 7.47. The molecule has 0 radical (unpaired) electrons. The average Bonchev–Trinajstić information content (AvgIpc) is 2.81. The van der Waals surface area contributed by atoms with E-state index in [2.05, 4.69) is 10.6 Å². The first-order valence-corrected chi connectivity index (χ1v) is 11.4. The van der Waals surface area contributed by atoms with Crippen LogP contribution in [0.25, 0.3) is 6.08 Å². The van der Waals surface area contributed by atoms with E-state index in [0.29, 0.717) is 32.7 Å². The van der Waals surface area contributed by atoms with Gasteiger partial charge in [-0.05, 0) is 48.0 Å². The number of benzene rings is 3. The van der Waals surface area contributed by atoms with Crippen molar-refractivity contribution in [1.82, 2.24) is 0 Å². The predicted octanol–water partition coefficient (Wildman–Crippen LogP) is 6.04. The SMILES string of the molecule is O=C(C[C@H]1C(=O)Nc2ccccc2N1C(=O)/C=C/c1ccccc1Cl)Nc1ccc(Cl)c(Cl)c1. The molecule has 0 bridgehead atoms. The van der Waals surface area contributed by atoms with Crippen LogP contribution in [0.2, 0.25) is 15.1 Å². The standard InChI is InChI=1S/C25H18Cl3N3O3/c26-17-6-2-1-5-15(17)9-12-24(33)31-21-8-4-3-7-20(21)30-25(34)22(31)14-23(32)29-16-10-11-18(27)19(28)13-16/h1-13,22H,14H2,(H,29,32)(H,30,34)/b12-9+/t22-/m0/s1. The van der Waals surface area contributed by atoms with Crippen molar-refractivity contribution in [2.45, 2.75) is 12.5 Å². The zero-order valence-electron chi connectivity index (χ0n) is 17.6. The molecule has 0 spiro atoms. The van der Waals surface area contributed by atoms with E-state index in [1.165, 1.54) is 17.0 Å². The smallest absolute Gasteiger partial charge is 0.251 e. The summed E-state index contributed by atoms with van der Waals surface area (Å²) in [5.74, 6) is -1.40. The summed E-state index contributed by atoms with van der Waals surface area (Å²) in [6.07, 6.45) is 2.64. The summed E-state index contributed by atoms with van der Waals surface area (Å²) < 4.78 is 0. The summed E-state index contributed by atoms with van der Waals surface area (Å²) >= 11 is 18.1. The van der Waals surface area contributed by atoms with Gasteiger partial charge in [0.2, 0.25) is 11.8 Å². The Morgan fingerprint density at radius 1 is 0.941 bits per heavy atom. The second kappa shape index (κ2) is 10.3. The number of anilines is 3. The van der Waals surface area contributed by atoms with E-state index in [-0.39, 0.29) is 11.4 Å². The van der Waals surface area contributed by atoms with Crippen molar-refractivity contribution in [1.29, 1.82) is 0 Å². The molecule has 3 amide bonds. The lowest BCUT2D eigenvalue weighted by molar-refractivity contribution is -0.124. The number of fused-ring (bicyclic) bond motifs is 1. The molecule has 1 aliphatic heterocycles. The van der Waals surface area contributed by atoms with Gasteiger partial charge in [0.05, 0.1) is 27.8 Å². The zero-order valence-corrected chi connectivity index (χ0v) is 19.9. The van der Waals surface area contributed by atoms with E-state index in [4.69, 9.17) is 34.8 Å². The van der Waals surface area contributed by atoms with Crippen molar-refractivity contribution < 1.29 is 14.4 Å². The topological polar surface area (TPSA) is 78.5 Å². The van der Waals surface area contributed by atoms with Crippen LogP contribution in [0.15, 0.2) is 72.8 Å². The van der Waals surface area contributed by atoms with Gasteiger partial charge in [-0.1, -0.05) is 65.1 Å². The molecule has 172 valence electrons. The quantitative estimate of drug-likeness (QED) is 0.407. The van der Waals surface area contributed by atoms with Gasteiger partial charge in [0.15, 0.2) is 0 Å². The van der Waals surface area contributed by atoms with Crippen LogP contribution in [0.1, 0.15) is 12.0 Å². The maximum atomic E-state index is 13.3. The van der Waals surface area contributed by atoms with Crippen molar-refractivity contribution in [3.63, 3.8) is 0 Å². The van der Waals surface area contributed by atoms with Gasteiger partial charge in [-0.2, -0.15) is 0 Å². The fourth-order valence-electron chi connectivity index (χ4n) is 3.56. The molecule has 1 atom stereocenters. The molecule has 9 heteroatoms. The van der Waals surface area contributed by atoms with Gasteiger partial charge in [-0.25, -0.2) is 0 Å². The number of hydrogen-bond acceptors (Lipinski definition) is 3. The normalized spacial score (nSPS) is 15.1. The summed E-state index contributed by atoms with van der Waals surface area (Å²) in [6, 6.07) is 17.6. The minimum atomic E-state index is -1.07. The highest BCUT2D eigenvalue weighted by molar-refractivity contribution is 6.42. The number of nitrogens with zero attached hydrogens (tertiary/aromatic N) is 1. The molecule has 2 N–H and O–H groups in total. The second-order valence-corrected chi connectivity index (χ2v) is 8.69. The van der Waals surface area contributed by atoms with Crippen molar-refractivity contribution >= 4 is 75.7 Å². The molecule has 6 nitrogen and oxygen atoms in total. The summed E-state index contributed by atoms with van der Waals surface area (Å²) in [5.41, 5.74) is 2.05. The fourth-order valence-corrected chi connectivity index (χ4v) is 4.06. The lowest BCUT2D eigenvalue weighted by Gasteiger charge is -2.35. The van der Waals surface area contributed by atoms with Crippen molar-refractivity contribution in [2.75, 3.05) is 15.5 Å². The first-order chi connectivity index (χ1) is 16.3. The van der Waals surface area contributed by atoms with E-state index in [9.17, 15) is 14.4 Å². The first-order valence-electron chi connectivity index (χ1n) is 10.2. The number of para-hydroxylation sites is 2. The van der Waals surface area contributed by atoms with E-state index < -0.39 is 23.8 Å². The number of carbonyl (C=O) groups excluding carboxylic acids is 3. The van der Waals surface area contributed by atoms with Crippen LogP contribution in [0, 0.1) is 0 Å². The maximum Gasteiger partial charge on any atom is 0.251 e. The van der Waals surface area contributed by atoms with Gasteiger partial charge in [0.1, 0.15) is 6.04 Å². The molecule has 0 saturated carbocycles. The van der Waals surface area contributed by atoms with Gasteiger partial charge in [-0.15, -0.1) is 0 Å². The Morgan fingerprint density at radius 3 is 2.44 bits per heavy atom. The number of carbonyl (C=O) groups is 3. The molecule has 0 saturated heterocycles. The molecule has 0 aromatic heterocycles. The third kappa shape index (κ3) is 5.25.